The Kier molecular flexibility index (Phi) is 7.16. The third-order valence-electron chi connectivity index (χ3n) is 3.44. The van der Waals surface area contributed by atoms with Crippen LogP contribution in [0.5, 0.6) is 0 Å². The lowest BCUT2D eigenvalue weighted by atomic mass is 9.88. The molecule has 0 aromatic heterocycles. The van der Waals surface area contributed by atoms with E-state index in [9.17, 15) is 0 Å². The predicted molar refractivity (Wildman–Crippen MR) is 76.8 cm³/mol. The molecule has 0 radical (unpaired) electrons. The van der Waals surface area contributed by atoms with Gasteiger partial charge in [-0.25, -0.2) is 0 Å². The van der Waals surface area contributed by atoms with Gasteiger partial charge >= 0.3 is 0 Å². The van der Waals surface area contributed by atoms with Crippen LogP contribution in [0.3, 0.4) is 0 Å². The minimum absolute atomic E-state index is 0.00413. The second kappa shape index (κ2) is 7.23. The van der Waals surface area contributed by atoms with Crippen molar-refractivity contribution in [3.63, 3.8) is 0 Å². The molecular formula is C13H28N2S. The van der Waals surface area contributed by atoms with Gasteiger partial charge in [-0.3, -0.25) is 0 Å². The number of hydrogen-bond acceptors (Lipinski definition) is 2. The first-order chi connectivity index (χ1) is 7.31. The molecule has 0 aromatic rings. The fourth-order valence-electron chi connectivity index (χ4n) is 1.75. The quantitative estimate of drug-likeness (QED) is 0.665. The molecule has 0 aliphatic rings. The van der Waals surface area contributed by atoms with Gasteiger partial charge in [0.05, 0.1) is 4.99 Å². The topological polar surface area (TPSA) is 29.3 Å². The van der Waals surface area contributed by atoms with E-state index in [0.29, 0.717) is 11.0 Å². The van der Waals surface area contributed by atoms with Crippen molar-refractivity contribution in [3.8, 4) is 0 Å². The van der Waals surface area contributed by atoms with E-state index in [1.165, 1.54) is 12.8 Å². The molecule has 0 saturated heterocycles. The molecule has 0 saturated carbocycles. The fraction of sp³-hybridized carbons (Fsp3) is 0.923. The van der Waals surface area contributed by atoms with Crippen LogP contribution in [-0.4, -0.2) is 29.5 Å². The molecule has 0 aromatic carbocycles. The summed E-state index contributed by atoms with van der Waals surface area (Å²) in [6, 6.07) is 0.679. The van der Waals surface area contributed by atoms with Gasteiger partial charge in [0.15, 0.2) is 0 Å². The van der Waals surface area contributed by atoms with Gasteiger partial charge in [-0.1, -0.05) is 39.4 Å². The number of thiocarbonyl (C=S) groups is 1. The average molecular weight is 244 g/mol. The summed E-state index contributed by atoms with van der Waals surface area (Å²) < 4.78 is 0. The van der Waals surface area contributed by atoms with E-state index in [0.717, 1.165) is 19.4 Å². The Bertz CT molecular complexity index is 214. The molecular weight excluding hydrogens is 216 g/mol. The van der Waals surface area contributed by atoms with Crippen LogP contribution in [0.25, 0.3) is 0 Å². The van der Waals surface area contributed by atoms with E-state index in [4.69, 9.17) is 18.0 Å². The van der Waals surface area contributed by atoms with Crippen molar-refractivity contribution in [3.05, 3.63) is 0 Å². The highest BCUT2D eigenvalue weighted by Gasteiger charge is 2.21. The van der Waals surface area contributed by atoms with Crippen LogP contribution in [0, 0.1) is 5.41 Å². The van der Waals surface area contributed by atoms with Crippen LogP contribution in [0.4, 0.5) is 0 Å². The largest absolute Gasteiger partial charge is 0.393 e. The van der Waals surface area contributed by atoms with Crippen LogP contribution in [0.1, 0.15) is 53.4 Å². The summed E-state index contributed by atoms with van der Waals surface area (Å²) in [5, 5.41) is 0. The minimum Gasteiger partial charge on any atom is -0.393 e. The Morgan fingerprint density at radius 3 is 2.44 bits per heavy atom. The molecule has 1 atom stereocenters. The monoisotopic (exact) mass is 244 g/mol. The van der Waals surface area contributed by atoms with Crippen LogP contribution in [0.15, 0.2) is 0 Å². The van der Waals surface area contributed by atoms with Crippen LogP contribution in [0.2, 0.25) is 0 Å². The molecule has 0 amide bonds. The van der Waals surface area contributed by atoms with Crippen molar-refractivity contribution in [1.29, 1.82) is 0 Å². The summed E-state index contributed by atoms with van der Waals surface area (Å²) >= 11 is 5.07. The summed E-state index contributed by atoms with van der Waals surface area (Å²) in [5.74, 6) is 0. The molecule has 0 rings (SSSR count). The van der Waals surface area contributed by atoms with E-state index in [2.05, 4.69) is 39.6 Å². The third-order valence-corrected chi connectivity index (χ3v) is 3.99. The fourth-order valence-corrected chi connectivity index (χ4v) is 1.85. The standard InChI is InChI=1S/C13H28N2S/c1-6-8-11(2)15(5)10-7-9-13(3,4)12(14)16/h11H,6-10H2,1-5H3,(H2,14,16). The second-order valence-electron chi connectivity index (χ2n) is 5.47. The maximum atomic E-state index is 5.71. The normalized spacial score (nSPS) is 14.1. The lowest BCUT2D eigenvalue weighted by molar-refractivity contribution is 0.232. The smallest absolute Gasteiger partial charge is 0.0784 e. The molecule has 16 heavy (non-hydrogen) atoms. The van der Waals surface area contributed by atoms with Crippen molar-refractivity contribution >= 4 is 17.2 Å². The lowest BCUT2D eigenvalue weighted by Crippen LogP contribution is -2.33. The van der Waals surface area contributed by atoms with Gasteiger partial charge in [0.2, 0.25) is 0 Å². The number of rotatable bonds is 8. The van der Waals surface area contributed by atoms with E-state index in [1.54, 1.807) is 0 Å². The Morgan fingerprint density at radius 2 is 2.00 bits per heavy atom. The lowest BCUT2D eigenvalue weighted by Gasteiger charge is -2.27. The third kappa shape index (κ3) is 5.80. The van der Waals surface area contributed by atoms with Gasteiger partial charge in [-0.15, -0.1) is 0 Å². The van der Waals surface area contributed by atoms with E-state index >= 15 is 0 Å². The molecule has 0 bridgehead atoms. The summed E-state index contributed by atoms with van der Waals surface area (Å²) in [5.41, 5.74) is 5.72. The molecule has 2 nitrogen and oxygen atoms in total. The van der Waals surface area contributed by atoms with Crippen molar-refractivity contribution in [2.24, 2.45) is 11.1 Å². The van der Waals surface area contributed by atoms with Crippen molar-refractivity contribution < 1.29 is 0 Å². The molecule has 0 aliphatic carbocycles. The molecule has 96 valence electrons. The Balaban J connectivity index is 3.85. The SMILES string of the molecule is CCCC(C)N(C)CCCC(C)(C)C(N)=S. The number of hydrogen-bond donors (Lipinski definition) is 1. The second-order valence-corrected chi connectivity index (χ2v) is 5.91. The first-order valence-electron chi connectivity index (χ1n) is 6.31. The summed E-state index contributed by atoms with van der Waals surface area (Å²) in [6.45, 7) is 9.92. The highest BCUT2D eigenvalue weighted by molar-refractivity contribution is 7.80. The van der Waals surface area contributed by atoms with Crippen molar-refractivity contribution in [2.45, 2.75) is 59.4 Å². The molecule has 3 heteroatoms. The zero-order valence-electron chi connectivity index (χ0n) is 11.5. The molecule has 2 N–H and O–H groups in total. The first kappa shape index (κ1) is 15.9. The van der Waals surface area contributed by atoms with E-state index < -0.39 is 0 Å². The Hall–Kier alpha value is -0.150. The summed E-state index contributed by atoms with van der Waals surface area (Å²) in [7, 11) is 2.20. The van der Waals surface area contributed by atoms with Gasteiger partial charge in [0.25, 0.3) is 0 Å². The minimum atomic E-state index is 0.00413. The zero-order valence-corrected chi connectivity index (χ0v) is 12.4. The predicted octanol–water partition coefficient (Wildman–Crippen LogP) is 3.20. The van der Waals surface area contributed by atoms with Crippen LogP contribution >= 0.6 is 12.2 Å². The maximum absolute atomic E-state index is 5.71. The molecule has 0 fully saturated rings. The van der Waals surface area contributed by atoms with Gasteiger partial charge < -0.3 is 10.6 Å². The van der Waals surface area contributed by atoms with Gasteiger partial charge in [0.1, 0.15) is 0 Å². The zero-order chi connectivity index (χ0) is 12.8. The highest BCUT2D eigenvalue weighted by Crippen LogP contribution is 2.22. The Labute approximate surface area is 107 Å². The first-order valence-corrected chi connectivity index (χ1v) is 6.72. The summed E-state index contributed by atoms with van der Waals surface area (Å²) in [6.07, 6.45) is 4.76. The van der Waals surface area contributed by atoms with E-state index in [-0.39, 0.29) is 5.41 Å². The average Bonchev–Trinajstić information content (AvgIpc) is 2.17. The summed E-state index contributed by atoms with van der Waals surface area (Å²) in [4.78, 5) is 3.07. The Morgan fingerprint density at radius 1 is 1.44 bits per heavy atom. The van der Waals surface area contributed by atoms with Gasteiger partial charge in [-0.2, -0.15) is 0 Å². The molecule has 0 aliphatic heterocycles. The highest BCUT2D eigenvalue weighted by atomic mass is 32.1. The molecule has 1 unspecified atom stereocenters. The van der Waals surface area contributed by atoms with Crippen LogP contribution in [-0.2, 0) is 0 Å². The van der Waals surface area contributed by atoms with Crippen LogP contribution < -0.4 is 5.73 Å². The molecule has 0 heterocycles. The van der Waals surface area contributed by atoms with E-state index in [1.807, 2.05) is 0 Å². The molecule has 0 spiro atoms. The maximum Gasteiger partial charge on any atom is 0.0784 e. The van der Waals surface area contributed by atoms with Gasteiger partial charge in [0, 0.05) is 11.5 Å². The van der Waals surface area contributed by atoms with Gasteiger partial charge in [-0.05, 0) is 39.8 Å². The number of nitrogens with zero attached hydrogens (tertiary/aromatic N) is 1. The number of nitrogens with two attached hydrogens (primary N) is 1. The van der Waals surface area contributed by atoms with Crippen molar-refractivity contribution in [1.82, 2.24) is 4.90 Å². The van der Waals surface area contributed by atoms with Crippen molar-refractivity contribution in [2.75, 3.05) is 13.6 Å².